The predicted molar refractivity (Wildman–Crippen MR) is 111 cm³/mol. The minimum Gasteiger partial charge on any atom is -0.352 e. The van der Waals surface area contributed by atoms with E-state index in [0.717, 1.165) is 53.3 Å². The third kappa shape index (κ3) is 4.06. The molecular formula is C21H21BrN4O. The molecule has 27 heavy (non-hydrogen) atoms. The number of carbonyl (C=O) groups excluding carboxylic acids is 1. The summed E-state index contributed by atoms with van der Waals surface area (Å²) in [6.07, 6.45) is 0.433. The Morgan fingerprint density at radius 1 is 1.00 bits per heavy atom. The molecule has 0 spiro atoms. The Morgan fingerprint density at radius 3 is 2.44 bits per heavy atom. The third-order valence-corrected chi connectivity index (χ3v) is 5.68. The van der Waals surface area contributed by atoms with Crippen LogP contribution in [0.2, 0.25) is 0 Å². The SMILES string of the molecule is O=C(Cc1ccccc1Br)N1CCN(c2cc(-c3ccccc3)[nH]n2)CC1. The lowest BCUT2D eigenvalue weighted by Crippen LogP contribution is -2.49. The second kappa shape index (κ2) is 7.96. The fourth-order valence-electron chi connectivity index (χ4n) is 3.34. The number of amides is 1. The fraction of sp³-hybridized carbons (Fsp3) is 0.238. The van der Waals surface area contributed by atoms with Crippen LogP contribution in [0.3, 0.4) is 0 Å². The Kier molecular flexibility index (Phi) is 5.25. The quantitative estimate of drug-likeness (QED) is 0.693. The molecule has 1 aromatic heterocycles. The summed E-state index contributed by atoms with van der Waals surface area (Å²) in [5.74, 6) is 1.11. The van der Waals surface area contributed by atoms with Crippen LogP contribution in [0.25, 0.3) is 11.3 Å². The van der Waals surface area contributed by atoms with Gasteiger partial charge in [-0.2, -0.15) is 5.10 Å². The van der Waals surface area contributed by atoms with Gasteiger partial charge < -0.3 is 9.80 Å². The zero-order valence-corrected chi connectivity index (χ0v) is 16.5. The number of piperazine rings is 1. The van der Waals surface area contributed by atoms with Gasteiger partial charge in [-0.3, -0.25) is 9.89 Å². The van der Waals surface area contributed by atoms with Gasteiger partial charge in [-0.05, 0) is 17.2 Å². The Bertz CT molecular complexity index is 917. The van der Waals surface area contributed by atoms with Crippen molar-refractivity contribution in [2.24, 2.45) is 0 Å². The number of carbonyl (C=O) groups is 1. The average Bonchev–Trinajstić information content (AvgIpc) is 3.21. The molecule has 138 valence electrons. The second-order valence-electron chi connectivity index (χ2n) is 6.64. The van der Waals surface area contributed by atoms with Gasteiger partial charge in [0.1, 0.15) is 0 Å². The summed E-state index contributed by atoms with van der Waals surface area (Å²) in [5.41, 5.74) is 3.17. The lowest BCUT2D eigenvalue weighted by Gasteiger charge is -2.35. The molecule has 1 N–H and O–H groups in total. The number of halogens is 1. The molecule has 0 radical (unpaired) electrons. The van der Waals surface area contributed by atoms with Gasteiger partial charge in [0.2, 0.25) is 5.91 Å². The smallest absolute Gasteiger partial charge is 0.227 e. The van der Waals surface area contributed by atoms with Gasteiger partial charge >= 0.3 is 0 Å². The van der Waals surface area contributed by atoms with Crippen LogP contribution >= 0.6 is 15.9 Å². The fourth-order valence-corrected chi connectivity index (χ4v) is 3.77. The van der Waals surface area contributed by atoms with E-state index in [0.29, 0.717) is 6.42 Å². The van der Waals surface area contributed by atoms with E-state index >= 15 is 0 Å². The van der Waals surface area contributed by atoms with E-state index in [-0.39, 0.29) is 5.91 Å². The number of benzene rings is 2. The standard InChI is InChI=1S/C21H21BrN4O/c22-18-9-5-4-8-17(18)14-21(27)26-12-10-25(11-13-26)20-15-19(23-24-20)16-6-2-1-3-7-16/h1-9,15H,10-14H2,(H,23,24). The number of aromatic amines is 1. The van der Waals surface area contributed by atoms with E-state index in [1.165, 1.54) is 0 Å². The molecule has 2 aromatic carbocycles. The van der Waals surface area contributed by atoms with Crippen LogP contribution in [0.5, 0.6) is 0 Å². The van der Waals surface area contributed by atoms with Gasteiger partial charge in [0, 0.05) is 36.7 Å². The summed E-state index contributed by atoms with van der Waals surface area (Å²) in [5, 5.41) is 7.57. The first kappa shape index (κ1) is 17.8. The van der Waals surface area contributed by atoms with E-state index < -0.39 is 0 Å². The van der Waals surface area contributed by atoms with Crippen molar-refractivity contribution in [1.82, 2.24) is 15.1 Å². The van der Waals surface area contributed by atoms with Crippen molar-refractivity contribution in [3.8, 4) is 11.3 Å². The monoisotopic (exact) mass is 424 g/mol. The molecule has 1 fully saturated rings. The maximum atomic E-state index is 12.6. The summed E-state index contributed by atoms with van der Waals surface area (Å²) in [4.78, 5) is 16.8. The molecule has 1 amide bonds. The van der Waals surface area contributed by atoms with Crippen molar-refractivity contribution in [2.75, 3.05) is 31.1 Å². The Balaban J connectivity index is 1.36. The normalized spacial score (nSPS) is 14.4. The lowest BCUT2D eigenvalue weighted by atomic mass is 10.1. The largest absolute Gasteiger partial charge is 0.352 e. The molecule has 1 saturated heterocycles. The number of H-pyrrole nitrogens is 1. The van der Waals surface area contributed by atoms with Crippen molar-refractivity contribution in [1.29, 1.82) is 0 Å². The summed E-state index contributed by atoms with van der Waals surface area (Å²) in [6, 6.07) is 20.1. The minimum absolute atomic E-state index is 0.175. The number of nitrogens with one attached hydrogen (secondary N) is 1. The predicted octanol–water partition coefficient (Wildman–Crippen LogP) is 3.73. The molecule has 4 rings (SSSR count). The molecule has 2 heterocycles. The van der Waals surface area contributed by atoms with Crippen molar-refractivity contribution in [3.05, 3.63) is 70.7 Å². The molecule has 1 aliphatic heterocycles. The number of nitrogens with zero attached hydrogens (tertiary/aromatic N) is 3. The Hall–Kier alpha value is -2.60. The Morgan fingerprint density at radius 2 is 1.70 bits per heavy atom. The first-order valence-corrected chi connectivity index (χ1v) is 9.87. The number of rotatable bonds is 4. The van der Waals surface area contributed by atoms with Crippen LogP contribution in [0, 0.1) is 0 Å². The molecule has 0 bridgehead atoms. The van der Waals surface area contributed by atoms with Crippen LogP contribution in [0.4, 0.5) is 5.82 Å². The summed E-state index contributed by atoms with van der Waals surface area (Å²) in [7, 11) is 0. The molecule has 3 aromatic rings. The first-order valence-electron chi connectivity index (χ1n) is 9.07. The van der Waals surface area contributed by atoms with E-state index in [9.17, 15) is 4.79 Å². The third-order valence-electron chi connectivity index (χ3n) is 4.91. The molecule has 1 aliphatic rings. The van der Waals surface area contributed by atoms with Crippen LogP contribution < -0.4 is 4.90 Å². The minimum atomic E-state index is 0.175. The molecule has 0 saturated carbocycles. The molecule has 0 unspecified atom stereocenters. The second-order valence-corrected chi connectivity index (χ2v) is 7.50. The number of hydrogen-bond donors (Lipinski definition) is 1. The van der Waals surface area contributed by atoms with Gasteiger partial charge in [0.25, 0.3) is 0 Å². The average molecular weight is 425 g/mol. The van der Waals surface area contributed by atoms with E-state index in [2.05, 4.69) is 49.2 Å². The van der Waals surface area contributed by atoms with Crippen molar-refractivity contribution >= 4 is 27.7 Å². The summed E-state index contributed by atoms with van der Waals surface area (Å²) < 4.78 is 0.988. The molecule has 6 heteroatoms. The zero-order chi connectivity index (χ0) is 18.6. The highest BCUT2D eigenvalue weighted by atomic mass is 79.9. The lowest BCUT2D eigenvalue weighted by molar-refractivity contribution is -0.130. The van der Waals surface area contributed by atoms with Crippen LogP contribution in [-0.2, 0) is 11.2 Å². The van der Waals surface area contributed by atoms with Crippen LogP contribution in [-0.4, -0.2) is 47.2 Å². The summed E-state index contributed by atoms with van der Waals surface area (Å²) in [6.45, 7) is 3.02. The molecular weight excluding hydrogens is 404 g/mol. The van der Waals surface area contributed by atoms with Gasteiger partial charge in [-0.25, -0.2) is 0 Å². The van der Waals surface area contributed by atoms with Gasteiger partial charge in [-0.15, -0.1) is 0 Å². The van der Waals surface area contributed by atoms with Gasteiger partial charge in [0.15, 0.2) is 5.82 Å². The van der Waals surface area contributed by atoms with Gasteiger partial charge in [-0.1, -0.05) is 64.5 Å². The van der Waals surface area contributed by atoms with Crippen molar-refractivity contribution < 1.29 is 4.79 Å². The van der Waals surface area contributed by atoms with Crippen LogP contribution in [0.1, 0.15) is 5.56 Å². The first-order chi connectivity index (χ1) is 13.2. The van der Waals surface area contributed by atoms with Crippen molar-refractivity contribution in [2.45, 2.75) is 6.42 Å². The van der Waals surface area contributed by atoms with E-state index in [1.54, 1.807) is 0 Å². The zero-order valence-electron chi connectivity index (χ0n) is 14.9. The maximum Gasteiger partial charge on any atom is 0.227 e. The molecule has 5 nitrogen and oxygen atoms in total. The number of aromatic nitrogens is 2. The molecule has 0 atom stereocenters. The van der Waals surface area contributed by atoms with E-state index in [1.807, 2.05) is 47.4 Å². The maximum absolute atomic E-state index is 12.6. The molecule has 0 aliphatic carbocycles. The summed E-state index contributed by atoms with van der Waals surface area (Å²) >= 11 is 3.52. The highest BCUT2D eigenvalue weighted by molar-refractivity contribution is 9.10. The number of anilines is 1. The highest BCUT2D eigenvalue weighted by Gasteiger charge is 2.23. The van der Waals surface area contributed by atoms with Crippen LogP contribution in [0.15, 0.2) is 65.1 Å². The van der Waals surface area contributed by atoms with Gasteiger partial charge in [0.05, 0.1) is 12.1 Å². The van der Waals surface area contributed by atoms with Crippen molar-refractivity contribution in [3.63, 3.8) is 0 Å². The van der Waals surface area contributed by atoms with E-state index in [4.69, 9.17) is 0 Å². The highest BCUT2D eigenvalue weighted by Crippen LogP contribution is 2.23. The number of hydrogen-bond acceptors (Lipinski definition) is 3. The topological polar surface area (TPSA) is 52.2 Å². The Labute approximate surface area is 167 Å².